The quantitative estimate of drug-likeness (QED) is 0.655. The molecule has 1 amide bonds. The van der Waals surface area contributed by atoms with Gasteiger partial charge in [-0.15, -0.1) is 12.4 Å². The number of piperidine rings is 1. The van der Waals surface area contributed by atoms with Crippen LogP contribution in [0.5, 0.6) is 0 Å². The van der Waals surface area contributed by atoms with Crippen molar-refractivity contribution in [3.05, 3.63) is 54.2 Å². The highest BCUT2D eigenvalue weighted by Gasteiger charge is 2.20. The Bertz CT molecular complexity index is 889. The van der Waals surface area contributed by atoms with Crippen LogP contribution < -0.4 is 10.6 Å². The van der Waals surface area contributed by atoms with Crippen LogP contribution in [0, 0.1) is 0 Å². The standard InChI is InChI=1S/C19H22N6O2.ClH/c26-19(13-25-18(6-9-23-25)14-4-3-7-20-11-14)22-12-15-10-17(24-27-15)16-5-1-2-8-21-16;/h1-2,5-6,8-10,14,20H,3-4,7,11-13H2,(H,22,26);1H. The van der Waals surface area contributed by atoms with Crippen molar-refractivity contribution < 1.29 is 9.32 Å². The van der Waals surface area contributed by atoms with Gasteiger partial charge in [0.05, 0.1) is 12.2 Å². The summed E-state index contributed by atoms with van der Waals surface area (Å²) in [7, 11) is 0. The fourth-order valence-corrected chi connectivity index (χ4v) is 3.34. The Morgan fingerprint density at radius 1 is 1.29 bits per heavy atom. The Hall–Kier alpha value is -2.71. The molecule has 9 heteroatoms. The Morgan fingerprint density at radius 3 is 3.00 bits per heavy atom. The van der Waals surface area contributed by atoms with Gasteiger partial charge in [-0.05, 0) is 37.6 Å². The van der Waals surface area contributed by atoms with Crippen LogP contribution in [-0.4, -0.2) is 38.9 Å². The summed E-state index contributed by atoms with van der Waals surface area (Å²) in [5, 5.41) is 14.6. The minimum absolute atomic E-state index is 0. The largest absolute Gasteiger partial charge is 0.359 e. The van der Waals surface area contributed by atoms with Crippen LogP contribution in [0.25, 0.3) is 11.4 Å². The first-order valence-corrected chi connectivity index (χ1v) is 9.16. The SMILES string of the molecule is Cl.O=C(Cn1nccc1C1CCCNC1)NCc1cc(-c2ccccn2)no1. The number of hydrogen-bond acceptors (Lipinski definition) is 6. The molecule has 4 rings (SSSR count). The molecule has 0 saturated carbocycles. The first-order chi connectivity index (χ1) is 13.3. The lowest BCUT2D eigenvalue weighted by atomic mass is 9.96. The third-order valence-corrected chi connectivity index (χ3v) is 4.70. The first kappa shape index (κ1) is 20.0. The molecule has 0 aliphatic carbocycles. The monoisotopic (exact) mass is 402 g/mol. The van der Waals surface area contributed by atoms with Crippen molar-refractivity contribution in [1.82, 2.24) is 30.6 Å². The average Bonchev–Trinajstić information content (AvgIpc) is 3.37. The van der Waals surface area contributed by atoms with Crippen molar-refractivity contribution in [2.45, 2.75) is 31.8 Å². The molecule has 8 nitrogen and oxygen atoms in total. The lowest BCUT2D eigenvalue weighted by Crippen LogP contribution is -2.32. The number of nitrogens with one attached hydrogen (secondary N) is 2. The van der Waals surface area contributed by atoms with Gasteiger partial charge in [0.1, 0.15) is 12.2 Å². The number of aromatic nitrogens is 4. The van der Waals surface area contributed by atoms with E-state index in [2.05, 4.69) is 25.9 Å². The van der Waals surface area contributed by atoms with Crippen LogP contribution >= 0.6 is 12.4 Å². The second-order valence-corrected chi connectivity index (χ2v) is 6.63. The summed E-state index contributed by atoms with van der Waals surface area (Å²) in [6.07, 6.45) is 5.72. The van der Waals surface area contributed by atoms with Gasteiger partial charge in [0, 0.05) is 36.6 Å². The van der Waals surface area contributed by atoms with Gasteiger partial charge in [0.15, 0.2) is 5.76 Å². The average molecular weight is 403 g/mol. The zero-order valence-electron chi connectivity index (χ0n) is 15.4. The summed E-state index contributed by atoms with van der Waals surface area (Å²) in [5.41, 5.74) is 2.49. The van der Waals surface area contributed by atoms with Crippen LogP contribution in [0.3, 0.4) is 0 Å². The maximum Gasteiger partial charge on any atom is 0.242 e. The molecule has 1 fully saturated rings. The van der Waals surface area contributed by atoms with E-state index in [0.717, 1.165) is 37.3 Å². The van der Waals surface area contributed by atoms with Gasteiger partial charge in [-0.1, -0.05) is 11.2 Å². The van der Waals surface area contributed by atoms with Crippen LogP contribution in [0.1, 0.15) is 30.2 Å². The van der Waals surface area contributed by atoms with Crippen molar-refractivity contribution in [2.75, 3.05) is 13.1 Å². The number of hydrogen-bond donors (Lipinski definition) is 2. The molecule has 1 atom stereocenters. The summed E-state index contributed by atoms with van der Waals surface area (Å²) in [5.74, 6) is 0.880. The van der Waals surface area contributed by atoms with E-state index in [0.29, 0.717) is 17.4 Å². The van der Waals surface area contributed by atoms with E-state index in [1.54, 1.807) is 23.1 Å². The van der Waals surface area contributed by atoms with Gasteiger partial charge in [0.2, 0.25) is 5.91 Å². The predicted octanol–water partition coefficient (Wildman–Crippen LogP) is 2.14. The molecule has 0 bridgehead atoms. The normalized spacial score (nSPS) is 16.4. The van der Waals surface area contributed by atoms with Crippen LogP contribution in [0.2, 0.25) is 0 Å². The van der Waals surface area contributed by atoms with Gasteiger partial charge >= 0.3 is 0 Å². The summed E-state index contributed by atoms with van der Waals surface area (Å²) < 4.78 is 7.07. The Kier molecular flexibility index (Phi) is 6.78. The predicted molar refractivity (Wildman–Crippen MR) is 106 cm³/mol. The van der Waals surface area contributed by atoms with E-state index < -0.39 is 0 Å². The molecule has 3 aromatic heterocycles. The topological polar surface area (TPSA) is 97.9 Å². The van der Waals surface area contributed by atoms with E-state index >= 15 is 0 Å². The molecule has 0 spiro atoms. The van der Waals surface area contributed by atoms with Gasteiger partial charge in [0.25, 0.3) is 0 Å². The van der Waals surface area contributed by atoms with E-state index in [-0.39, 0.29) is 31.4 Å². The number of rotatable bonds is 6. The van der Waals surface area contributed by atoms with Crippen LogP contribution in [-0.2, 0) is 17.9 Å². The van der Waals surface area contributed by atoms with Crippen LogP contribution in [0.15, 0.2) is 47.2 Å². The second-order valence-electron chi connectivity index (χ2n) is 6.63. The molecule has 0 aromatic carbocycles. The molecule has 3 aromatic rings. The van der Waals surface area contributed by atoms with Crippen molar-refractivity contribution in [3.63, 3.8) is 0 Å². The van der Waals surface area contributed by atoms with Crippen molar-refractivity contribution in [2.24, 2.45) is 0 Å². The van der Waals surface area contributed by atoms with Crippen molar-refractivity contribution in [3.8, 4) is 11.4 Å². The number of carbonyl (C=O) groups is 1. The molecule has 1 aliphatic heterocycles. The zero-order chi connectivity index (χ0) is 18.5. The molecule has 148 valence electrons. The first-order valence-electron chi connectivity index (χ1n) is 9.16. The summed E-state index contributed by atoms with van der Waals surface area (Å²) in [4.78, 5) is 16.6. The third kappa shape index (κ3) is 4.76. The van der Waals surface area contributed by atoms with Crippen molar-refractivity contribution in [1.29, 1.82) is 0 Å². The number of nitrogens with zero attached hydrogens (tertiary/aromatic N) is 4. The molecule has 1 saturated heterocycles. The summed E-state index contributed by atoms with van der Waals surface area (Å²) in [6.45, 7) is 2.46. The fraction of sp³-hybridized carbons (Fsp3) is 0.368. The molecule has 2 N–H and O–H groups in total. The van der Waals surface area contributed by atoms with Crippen molar-refractivity contribution >= 4 is 18.3 Å². The minimum atomic E-state index is -0.112. The molecular weight excluding hydrogens is 380 g/mol. The van der Waals surface area contributed by atoms with Gasteiger partial charge in [-0.25, -0.2) is 0 Å². The van der Waals surface area contributed by atoms with E-state index in [1.807, 2.05) is 24.3 Å². The van der Waals surface area contributed by atoms with Gasteiger partial charge in [-0.2, -0.15) is 5.10 Å². The lowest BCUT2D eigenvalue weighted by Gasteiger charge is -2.23. The highest BCUT2D eigenvalue weighted by Crippen LogP contribution is 2.22. The van der Waals surface area contributed by atoms with Gasteiger partial charge in [-0.3, -0.25) is 14.5 Å². The molecule has 1 aliphatic rings. The third-order valence-electron chi connectivity index (χ3n) is 4.70. The van der Waals surface area contributed by atoms with E-state index in [1.165, 1.54) is 0 Å². The van der Waals surface area contributed by atoms with E-state index in [9.17, 15) is 4.79 Å². The van der Waals surface area contributed by atoms with E-state index in [4.69, 9.17) is 4.52 Å². The fourth-order valence-electron chi connectivity index (χ4n) is 3.34. The molecule has 4 heterocycles. The molecule has 0 radical (unpaired) electrons. The minimum Gasteiger partial charge on any atom is -0.359 e. The maximum atomic E-state index is 12.3. The molecule has 1 unspecified atom stereocenters. The Labute approximate surface area is 169 Å². The summed E-state index contributed by atoms with van der Waals surface area (Å²) >= 11 is 0. The number of carbonyl (C=O) groups excluding carboxylic acids is 1. The highest BCUT2D eigenvalue weighted by atomic mass is 35.5. The molecule has 28 heavy (non-hydrogen) atoms. The maximum absolute atomic E-state index is 12.3. The lowest BCUT2D eigenvalue weighted by molar-refractivity contribution is -0.122. The Balaban J connectivity index is 0.00000225. The smallest absolute Gasteiger partial charge is 0.242 e. The summed E-state index contributed by atoms with van der Waals surface area (Å²) in [6, 6.07) is 9.38. The number of halogens is 1. The Morgan fingerprint density at radius 2 is 2.21 bits per heavy atom. The zero-order valence-corrected chi connectivity index (χ0v) is 16.2. The second kappa shape index (κ2) is 9.48. The van der Waals surface area contributed by atoms with Gasteiger partial charge < -0.3 is 15.2 Å². The number of amides is 1. The molecular formula is C19H23ClN6O2. The highest BCUT2D eigenvalue weighted by molar-refractivity contribution is 5.85. The van der Waals surface area contributed by atoms with Crippen LogP contribution in [0.4, 0.5) is 0 Å². The number of pyridine rings is 1.